The lowest BCUT2D eigenvalue weighted by Gasteiger charge is -2.39. The fourth-order valence-electron chi connectivity index (χ4n) is 2.66. The number of thioether (sulfide) groups is 1. The van der Waals surface area contributed by atoms with E-state index in [1.807, 2.05) is 18.4 Å². The minimum Gasteiger partial charge on any atom is -0.296 e. The van der Waals surface area contributed by atoms with Crippen LogP contribution in [-0.2, 0) is 0 Å². The van der Waals surface area contributed by atoms with E-state index in [9.17, 15) is 5.26 Å². The molecule has 2 rings (SSSR count). The van der Waals surface area contributed by atoms with Crippen LogP contribution in [0, 0.1) is 11.3 Å². The highest BCUT2D eigenvalue weighted by Gasteiger charge is 2.35. The third-order valence-corrected chi connectivity index (χ3v) is 5.83. The first-order chi connectivity index (χ1) is 9.49. The van der Waals surface area contributed by atoms with Crippen molar-refractivity contribution in [2.24, 2.45) is 0 Å². The van der Waals surface area contributed by atoms with Gasteiger partial charge in [-0.25, -0.2) is 0 Å². The van der Waals surface area contributed by atoms with E-state index < -0.39 is 0 Å². The number of nitrogens with zero attached hydrogens (tertiary/aromatic N) is 2. The van der Waals surface area contributed by atoms with Crippen LogP contribution >= 0.6 is 35.0 Å². The fourth-order valence-corrected chi connectivity index (χ4v) is 3.89. The van der Waals surface area contributed by atoms with Crippen molar-refractivity contribution < 1.29 is 0 Å². The van der Waals surface area contributed by atoms with Gasteiger partial charge in [-0.3, -0.25) is 4.90 Å². The van der Waals surface area contributed by atoms with Crippen LogP contribution in [0.2, 0.25) is 10.0 Å². The van der Waals surface area contributed by atoms with Crippen LogP contribution in [-0.4, -0.2) is 29.0 Å². The molecule has 0 spiro atoms. The van der Waals surface area contributed by atoms with Gasteiger partial charge in [0, 0.05) is 29.2 Å². The van der Waals surface area contributed by atoms with Crippen molar-refractivity contribution >= 4 is 35.0 Å². The summed E-state index contributed by atoms with van der Waals surface area (Å²) in [6, 6.07) is 8.44. The smallest absolute Gasteiger partial charge is 0.104 e. The lowest BCUT2D eigenvalue weighted by molar-refractivity contribution is 0.166. The Balaban J connectivity index is 2.09. The van der Waals surface area contributed by atoms with E-state index in [1.165, 1.54) is 0 Å². The number of rotatable bonds is 3. The molecule has 5 heteroatoms. The normalized spacial score (nSPS) is 20.4. The molecule has 0 N–H and O–H groups in total. The molecule has 1 heterocycles. The summed E-state index contributed by atoms with van der Waals surface area (Å²) in [6.45, 7) is 4.03. The third-order valence-electron chi connectivity index (χ3n) is 4.12. The van der Waals surface area contributed by atoms with Gasteiger partial charge in [-0.05, 0) is 49.8 Å². The maximum absolute atomic E-state index is 9.33. The van der Waals surface area contributed by atoms with Crippen molar-refractivity contribution in [2.45, 2.75) is 30.6 Å². The third kappa shape index (κ3) is 3.43. The monoisotopic (exact) mass is 328 g/mol. The van der Waals surface area contributed by atoms with Crippen LogP contribution in [0.3, 0.4) is 0 Å². The van der Waals surface area contributed by atoms with Crippen LogP contribution in [0.15, 0.2) is 18.2 Å². The molecule has 0 aliphatic carbocycles. The van der Waals surface area contributed by atoms with Gasteiger partial charge in [0.25, 0.3) is 0 Å². The highest BCUT2D eigenvalue weighted by Crippen LogP contribution is 2.37. The number of piperidine rings is 1. The van der Waals surface area contributed by atoms with Crippen LogP contribution in [0.1, 0.15) is 31.4 Å². The van der Waals surface area contributed by atoms with E-state index in [4.69, 9.17) is 23.2 Å². The highest BCUT2D eigenvalue weighted by molar-refractivity contribution is 8.00. The topological polar surface area (TPSA) is 27.0 Å². The molecule has 1 aromatic rings. The summed E-state index contributed by atoms with van der Waals surface area (Å²) in [6.07, 6.45) is 3.84. The molecule has 0 saturated carbocycles. The lowest BCUT2D eigenvalue weighted by Crippen LogP contribution is -2.42. The minimum atomic E-state index is -0.206. The van der Waals surface area contributed by atoms with E-state index in [0.29, 0.717) is 10.0 Å². The Morgan fingerprint density at radius 1 is 1.25 bits per heavy atom. The Labute approximate surface area is 135 Å². The fraction of sp³-hybridized carbons (Fsp3) is 0.533. The predicted octanol–water partition coefficient (Wildman–Crippen LogP) is 4.78. The maximum atomic E-state index is 9.33. The van der Waals surface area contributed by atoms with Gasteiger partial charge in [-0.15, -0.1) is 11.8 Å². The van der Waals surface area contributed by atoms with Gasteiger partial charge in [-0.1, -0.05) is 23.2 Å². The molecule has 1 saturated heterocycles. The molecule has 0 bridgehead atoms. The first kappa shape index (κ1) is 16.0. The number of hydrogen-bond acceptors (Lipinski definition) is 3. The molecular weight excluding hydrogens is 311 g/mol. The molecule has 0 unspecified atom stereocenters. The SMILES string of the molecule is CSC1(C#N)CCN([C@H](C)c2cc(Cl)cc(Cl)c2)CC1. The van der Waals surface area contributed by atoms with E-state index in [2.05, 4.69) is 17.9 Å². The van der Waals surface area contributed by atoms with Gasteiger partial charge in [0.05, 0.1) is 6.07 Å². The van der Waals surface area contributed by atoms with Crippen LogP contribution in [0.25, 0.3) is 0 Å². The standard InChI is InChI=1S/C15H18Cl2N2S/c1-11(12-7-13(16)9-14(17)8-12)19-5-3-15(10-18,20-2)4-6-19/h7-9,11H,3-6H2,1-2H3/t11-/m1/s1. The molecule has 1 atom stereocenters. The van der Waals surface area contributed by atoms with Crippen molar-refractivity contribution in [3.05, 3.63) is 33.8 Å². The zero-order valence-corrected chi connectivity index (χ0v) is 14.0. The average molecular weight is 329 g/mol. The molecule has 1 fully saturated rings. The van der Waals surface area contributed by atoms with E-state index in [1.54, 1.807) is 17.8 Å². The summed E-state index contributed by atoms with van der Waals surface area (Å²) in [5.74, 6) is 0. The second-order valence-electron chi connectivity index (χ2n) is 5.22. The molecule has 108 valence electrons. The van der Waals surface area contributed by atoms with Gasteiger partial charge >= 0.3 is 0 Å². The van der Waals surface area contributed by atoms with E-state index in [-0.39, 0.29) is 10.8 Å². The summed E-state index contributed by atoms with van der Waals surface area (Å²) in [5, 5.41) is 10.7. The molecule has 0 aromatic heterocycles. The summed E-state index contributed by atoms with van der Waals surface area (Å²) in [7, 11) is 0. The number of hydrogen-bond donors (Lipinski definition) is 0. The molecule has 1 aliphatic heterocycles. The van der Waals surface area contributed by atoms with Gasteiger partial charge in [0.1, 0.15) is 4.75 Å². The second kappa shape index (κ2) is 6.58. The minimum absolute atomic E-state index is 0.206. The number of likely N-dealkylation sites (tertiary alicyclic amines) is 1. The maximum Gasteiger partial charge on any atom is 0.104 e. The predicted molar refractivity (Wildman–Crippen MR) is 87.5 cm³/mol. The molecule has 20 heavy (non-hydrogen) atoms. The van der Waals surface area contributed by atoms with E-state index >= 15 is 0 Å². The van der Waals surface area contributed by atoms with Crippen LogP contribution in [0.4, 0.5) is 0 Å². The van der Waals surface area contributed by atoms with Crippen molar-refractivity contribution in [3.63, 3.8) is 0 Å². The van der Waals surface area contributed by atoms with Gasteiger partial charge in [0.2, 0.25) is 0 Å². The highest BCUT2D eigenvalue weighted by atomic mass is 35.5. The number of halogens is 2. The van der Waals surface area contributed by atoms with Crippen molar-refractivity contribution in [2.75, 3.05) is 19.3 Å². The molecule has 1 aromatic carbocycles. The number of nitriles is 1. The van der Waals surface area contributed by atoms with Crippen LogP contribution in [0.5, 0.6) is 0 Å². The van der Waals surface area contributed by atoms with Gasteiger partial charge < -0.3 is 0 Å². The molecule has 1 aliphatic rings. The lowest BCUT2D eigenvalue weighted by atomic mass is 9.95. The molecule has 0 radical (unpaired) electrons. The number of benzene rings is 1. The largest absolute Gasteiger partial charge is 0.296 e. The summed E-state index contributed by atoms with van der Waals surface area (Å²) >= 11 is 13.8. The summed E-state index contributed by atoms with van der Waals surface area (Å²) in [5.41, 5.74) is 1.14. The van der Waals surface area contributed by atoms with Gasteiger partial charge in [0.15, 0.2) is 0 Å². The van der Waals surface area contributed by atoms with Crippen molar-refractivity contribution in [1.29, 1.82) is 5.26 Å². The van der Waals surface area contributed by atoms with E-state index in [0.717, 1.165) is 31.5 Å². The summed E-state index contributed by atoms with van der Waals surface area (Å²) < 4.78 is -0.206. The zero-order chi connectivity index (χ0) is 14.8. The van der Waals surface area contributed by atoms with Gasteiger partial charge in [-0.2, -0.15) is 5.26 Å². The molecular formula is C15H18Cl2N2S. The first-order valence-corrected chi connectivity index (χ1v) is 8.64. The summed E-state index contributed by atoms with van der Waals surface area (Å²) in [4.78, 5) is 2.40. The Hall–Kier alpha value is -0.400. The molecule has 2 nitrogen and oxygen atoms in total. The average Bonchev–Trinajstić information content (AvgIpc) is 2.45. The Morgan fingerprint density at radius 2 is 1.80 bits per heavy atom. The van der Waals surface area contributed by atoms with Crippen molar-refractivity contribution in [3.8, 4) is 6.07 Å². The Morgan fingerprint density at radius 3 is 2.25 bits per heavy atom. The van der Waals surface area contributed by atoms with Crippen LogP contribution < -0.4 is 0 Å². The zero-order valence-electron chi connectivity index (χ0n) is 11.7. The second-order valence-corrected chi connectivity index (χ2v) is 7.29. The Bertz CT molecular complexity index is 499. The van der Waals surface area contributed by atoms with Crippen molar-refractivity contribution in [1.82, 2.24) is 4.90 Å². The first-order valence-electron chi connectivity index (χ1n) is 6.66. The molecule has 0 amide bonds. The quantitative estimate of drug-likeness (QED) is 0.799. The Kier molecular flexibility index (Phi) is 5.25.